The molecule has 0 fully saturated rings. The Labute approximate surface area is 85.3 Å². The van der Waals surface area contributed by atoms with Gasteiger partial charge in [0.25, 0.3) is 0 Å². The number of ether oxygens (including phenoxy) is 1. The third kappa shape index (κ3) is 2.73. The van der Waals surface area contributed by atoms with Crippen molar-refractivity contribution in [3.8, 4) is 0 Å². The topological polar surface area (TPSA) is 46.5 Å². The first-order valence-corrected chi connectivity index (χ1v) is 4.25. The summed E-state index contributed by atoms with van der Waals surface area (Å²) in [5, 5.41) is 9.22. The second-order valence-corrected chi connectivity index (χ2v) is 2.96. The summed E-state index contributed by atoms with van der Waals surface area (Å²) in [7, 11) is 1.10. The molecule has 0 aliphatic heterocycles. The van der Waals surface area contributed by atoms with Crippen LogP contribution in [0, 0.1) is 11.6 Å². The van der Waals surface area contributed by atoms with Crippen LogP contribution in [-0.2, 0) is 16.0 Å². The zero-order valence-electron chi connectivity index (χ0n) is 8.04. The number of halogens is 2. The van der Waals surface area contributed by atoms with Gasteiger partial charge in [-0.25, -0.2) is 13.6 Å². The molecule has 0 spiro atoms. The van der Waals surface area contributed by atoms with Crippen molar-refractivity contribution in [2.24, 2.45) is 0 Å². The maximum absolute atomic E-state index is 13.1. The molecule has 0 bridgehead atoms. The van der Waals surface area contributed by atoms with E-state index in [-0.39, 0.29) is 12.0 Å². The van der Waals surface area contributed by atoms with Gasteiger partial charge in [0.2, 0.25) is 0 Å². The van der Waals surface area contributed by atoms with Gasteiger partial charge in [0, 0.05) is 6.42 Å². The lowest BCUT2D eigenvalue weighted by Crippen LogP contribution is -2.24. The van der Waals surface area contributed by atoms with Crippen molar-refractivity contribution in [2.45, 2.75) is 12.5 Å². The normalized spacial score (nSPS) is 12.3. The molecule has 1 unspecified atom stereocenters. The first-order chi connectivity index (χ1) is 7.06. The van der Waals surface area contributed by atoms with Gasteiger partial charge in [0.15, 0.2) is 17.7 Å². The van der Waals surface area contributed by atoms with Gasteiger partial charge in [-0.2, -0.15) is 0 Å². The van der Waals surface area contributed by atoms with Crippen LogP contribution in [0.5, 0.6) is 0 Å². The second kappa shape index (κ2) is 4.84. The monoisotopic (exact) mass is 216 g/mol. The summed E-state index contributed by atoms with van der Waals surface area (Å²) < 4.78 is 30.1. The van der Waals surface area contributed by atoms with E-state index in [1.807, 2.05) is 0 Å². The largest absolute Gasteiger partial charge is 0.467 e. The molecule has 82 valence electrons. The van der Waals surface area contributed by atoms with E-state index < -0.39 is 23.7 Å². The molecule has 15 heavy (non-hydrogen) atoms. The van der Waals surface area contributed by atoms with Gasteiger partial charge < -0.3 is 9.84 Å². The average Bonchev–Trinajstić information content (AvgIpc) is 2.23. The lowest BCUT2D eigenvalue weighted by atomic mass is 10.1. The van der Waals surface area contributed by atoms with E-state index in [4.69, 9.17) is 0 Å². The minimum atomic E-state index is -1.48. The number of aliphatic hydroxyl groups excluding tert-OH is 1. The number of hydrogen-bond acceptors (Lipinski definition) is 3. The molecule has 0 saturated heterocycles. The maximum Gasteiger partial charge on any atom is 0.335 e. The number of rotatable bonds is 3. The fourth-order valence-corrected chi connectivity index (χ4v) is 1.13. The van der Waals surface area contributed by atoms with Crippen molar-refractivity contribution < 1.29 is 23.4 Å². The molecule has 0 aliphatic carbocycles. The SMILES string of the molecule is COC(=O)C(O)Cc1cccc(F)c1F. The van der Waals surface area contributed by atoms with Gasteiger partial charge in [0.05, 0.1) is 7.11 Å². The van der Waals surface area contributed by atoms with Gasteiger partial charge >= 0.3 is 5.97 Å². The van der Waals surface area contributed by atoms with E-state index in [0.717, 1.165) is 13.2 Å². The summed E-state index contributed by atoms with van der Waals surface area (Å²) in [5.74, 6) is -2.94. The van der Waals surface area contributed by atoms with Gasteiger partial charge in [-0.05, 0) is 11.6 Å². The summed E-state index contributed by atoms with van der Waals surface area (Å²) in [6.07, 6.45) is -1.79. The van der Waals surface area contributed by atoms with Crippen molar-refractivity contribution in [1.82, 2.24) is 0 Å². The Balaban J connectivity index is 2.81. The standard InChI is InChI=1S/C10H10F2O3/c1-15-10(14)8(13)5-6-3-2-4-7(11)9(6)12/h2-4,8,13H,5H2,1H3. The van der Waals surface area contributed by atoms with E-state index in [0.29, 0.717) is 0 Å². The molecule has 0 radical (unpaired) electrons. The van der Waals surface area contributed by atoms with Crippen LogP contribution in [0.3, 0.4) is 0 Å². The molecule has 1 aromatic rings. The van der Waals surface area contributed by atoms with Crippen LogP contribution in [0.1, 0.15) is 5.56 Å². The Morgan fingerprint density at radius 2 is 2.20 bits per heavy atom. The first kappa shape index (κ1) is 11.6. The number of methoxy groups -OCH3 is 1. The van der Waals surface area contributed by atoms with Gasteiger partial charge in [-0.1, -0.05) is 12.1 Å². The van der Waals surface area contributed by atoms with Crippen LogP contribution in [0.2, 0.25) is 0 Å². The van der Waals surface area contributed by atoms with Gasteiger partial charge in [0.1, 0.15) is 0 Å². The summed E-state index contributed by atoms with van der Waals surface area (Å²) in [4.78, 5) is 10.8. The lowest BCUT2D eigenvalue weighted by Gasteiger charge is -2.08. The third-order valence-corrected chi connectivity index (χ3v) is 1.92. The molecular weight excluding hydrogens is 206 g/mol. The van der Waals surface area contributed by atoms with Crippen molar-refractivity contribution >= 4 is 5.97 Å². The van der Waals surface area contributed by atoms with Crippen LogP contribution in [-0.4, -0.2) is 24.3 Å². The molecule has 5 heteroatoms. The Morgan fingerprint density at radius 1 is 1.53 bits per heavy atom. The van der Waals surface area contributed by atoms with E-state index >= 15 is 0 Å². The smallest absolute Gasteiger partial charge is 0.335 e. The number of carbonyl (C=O) groups excluding carboxylic acids is 1. The highest BCUT2D eigenvalue weighted by Crippen LogP contribution is 2.13. The molecule has 3 nitrogen and oxygen atoms in total. The Morgan fingerprint density at radius 3 is 2.80 bits per heavy atom. The number of carbonyl (C=O) groups is 1. The summed E-state index contributed by atoms with van der Waals surface area (Å²) in [5.41, 5.74) is -0.0621. The highest BCUT2D eigenvalue weighted by Gasteiger charge is 2.18. The first-order valence-electron chi connectivity index (χ1n) is 4.25. The van der Waals surface area contributed by atoms with Crippen molar-refractivity contribution in [3.05, 3.63) is 35.4 Å². The molecule has 0 aliphatic rings. The van der Waals surface area contributed by atoms with E-state index in [1.54, 1.807) is 0 Å². The van der Waals surface area contributed by atoms with E-state index in [2.05, 4.69) is 4.74 Å². The lowest BCUT2D eigenvalue weighted by molar-refractivity contribution is -0.150. The Kier molecular flexibility index (Phi) is 3.74. The van der Waals surface area contributed by atoms with E-state index in [9.17, 15) is 18.7 Å². The zero-order valence-corrected chi connectivity index (χ0v) is 8.04. The fourth-order valence-electron chi connectivity index (χ4n) is 1.13. The third-order valence-electron chi connectivity index (χ3n) is 1.92. The molecular formula is C10H10F2O3. The highest BCUT2D eigenvalue weighted by atomic mass is 19.2. The number of benzene rings is 1. The van der Waals surface area contributed by atoms with Crippen molar-refractivity contribution in [3.63, 3.8) is 0 Å². The van der Waals surface area contributed by atoms with Gasteiger partial charge in [-0.3, -0.25) is 0 Å². The summed E-state index contributed by atoms with van der Waals surface area (Å²) >= 11 is 0. The van der Waals surface area contributed by atoms with Crippen LogP contribution in [0.25, 0.3) is 0 Å². The van der Waals surface area contributed by atoms with Gasteiger partial charge in [-0.15, -0.1) is 0 Å². The fraction of sp³-hybridized carbons (Fsp3) is 0.300. The molecule has 1 rings (SSSR count). The molecule has 0 aromatic heterocycles. The van der Waals surface area contributed by atoms with Crippen LogP contribution >= 0.6 is 0 Å². The van der Waals surface area contributed by atoms with Crippen LogP contribution in [0.4, 0.5) is 8.78 Å². The molecule has 0 saturated carbocycles. The molecule has 1 N–H and O–H groups in total. The quantitative estimate of drug-likeness (QED) is 0.768. The number of aliphatic hydroxyl groups is 1. The predicted molar refractivity (Wildman–Crippen MR) is 48.1 cm³/mol. The highest BCUT2D eigenvalue weighted by molar-refractivity contribution is 5.74. The maximum atomic E-state index is 13.1. The average molecular weight is 216 g/mol. The van der Waals surface area contributed by atoms with Crippen molar-refractivity contribution in [1.29, 1.82) is 0 Å². The number of esters is 1. The van der Waals surface area contributed by atoms with Crippen LogP contribution in [0.15, 0.2) is 18.2 Å². The predicted octanol–water partition coefficient (Wildman–Crippen LogP) is 1.04. The van der Waals surface area contributed by atoms with E-state index in [1.165, 1.54) is 12.1 Å². The summed E-state index contributed by atoms with van der Waals surface area (Å²) in [6.45, 7) is 0. The van der Waals surface area contributed by atoms with Crippen molar-refractivity contribution in [2.75, 3.05) is 7.11 Å². The van der Waals surface area contributed by atoms with Crippen LogP contribution < -0.4 is 0 Å². The molecule has 0 heterocycles. The minimum Gasteiger partial charge on any atom is -0.467 e. The Hall–Kier alpha value is -1.49. The molecule has 1 atom stereocenters. The second-order valence-electron chi connectivity index (χ2n) is 2.96. The minimum absolute atomic E-state index is 0.0621. The molecule has 0 amide bonds. The molecule has 1 aromatic carbocycles. The number of hydrogen-bond donors (Lipinski definition) is 1. The summed E-state index contributed by atoms with van der Waals surface area (Å²) in [6, 6.07) is 3.56. The Bertz CT molecular complexity index is 366. The zero-order chi connectivity index (χ0) is 11.4.